The number of rotatable bonds is 6. The van der Waals surface area contributed by atoms with Crippen molar-refractivity contribution in [2.45, 2.75) is 26.2 Å². The van der Waals surface area contributed by atoms with E-state index in [9.17, 15) is 0 Å². The maximum atomic E-state index is 5.62. The zero-order chi connectivity index (χ0) is 13.9. The molecule has 19 heavy (non-hydrogen) atoms. The summed E-state index contributed by atoms with van der Waals surface area (Å²) in [7, 11) is 0. The molecule has 1 aliphatic rings. The number of hydrogen-bond acceptors (Lipinski definition) is 4. The Labute approximate surface area is 115 Å². The Morgan fingerprint density at radius 1 is 1.32 bits per heavy atom. The van der Waals surface area contributed by atoms with E-state index in [0.717, 1.165) is 31.1 Å². The molecule has 1 aromatic rings. The van der Waals surface area contributed by atoms with Gasteiger partial charge < -0.3 is 20.5 Å². The van der Waals surface area contributed by atoms with Gasteiger partial charge in [-0.05, 0) is 36.7 Å². The van der Waals surface area contributed by atoms with Gasteiger partial charge >= 0.3 is 0 Å². The normalized spacial score (nSPS) is 15.6. The molecule has 1 aliphatic heterocycles. The van der Waals surface area contributed by atoms with Crippen molar-refractivity contribution in [3.63, 3.8) is 0 Å². The van der Waals surface area contributed by atoms with Crippen LogP contribution in [0.15, 0.2) is 18.2 Å². The van der Waals surface area contributed by atoms with Crippen LogP contribution in [0.4, 0.5) is 0 Å². The number of nitrogens with one attached hydrogen (secondary N) is 1. The Hall–Kier alpha value is -1.26. The van der Waals surface area contributed by atoms with Gasteiger partial charge in [0.1, 0.15) is 0 Å². The SMILES string of the molecule is CC(CN)CNCC(C)(C)c1ccc2c(c1)OCO2. The van der Waals surface area contributed by atoms with Gasteiger partial charge in [-0.2, -0.15) is 0 Å². The highest BCUT2D eigenvalue weighted by atomic mass is 16.7. The lowest BCUT2D eigenvalue weighted by Gasteiger charge is -2.26. The minimum Gasteiger partial charge on any atom is -0.454 e. The van der Waals surface area contributed by atoms with Crippen molar-refractivity contribution in [1.82, 2.24) is 5.32 Å². The van der Waals surface area contributed by atoms with E-state index in [-0.39, 0.29) is 5.41 Å². The molecule has 1 atom stereocenters. The van der Waals surface area contributed by atoms with E-state index in [1.54, 1.807) is 0 Å². The van der Waals surface area contributed by atoms with Gasteiger partial charge in [0, 0.05) is 12.0 Å². The second kappa shape index (κ2) is 5.80. The first-order valence-corrected chi connectivity index (χ1v) is 6.84. The molecule has 3 N–H and O–H groups in total. The van der Waals surface area contributed by atoms with Crippen LogP contribution >= 0.6 is 0 Å². The molecule has 0 bridgehead atoms. The van der Waals surface area contributed by atoms with Gasteiger partial charge in [-0.15, -0.1) is 0 Å². The number of nitrogens with two attached hydrogens (primary N) is 1. The zero-order valence-electron chi connectivity index (χ0n) is 12.0. The molecule has 4 nitrogen and oxygen atoms in total. The number of hydrogen-bond donors (Lipinski definition) is 2. The van der Waals surface area contributed by atoms with Crippen molar-refractivity contribution >= 4 is 0 Å². The fourth-order valence-electron chi connectivity index (χ4n) is 2.13. The summed E-state index contributed by atoms with van der Waals surface area (Å²) in [5.41, 5.74) is 6.93. The highest BCUT2D eigenvalue weighted by Crippen LogP contribution is 2.36. The second-order valence-corrected chi connectivity index (χ2v) is 5.92. The molecule has 1 unspecified atom stereocenters. The summed E-state index contributed by atoms with van der Waals surface area (Å²) in [4.78, 5) is 0. The molecule has 1 aromatic carbocycles. The van der Waals surface area contributed by atoms with Gasteiger partial charge in [0.2, 0.25) is 6.79 Å². The molecule has 0 fully saturated rings. The maximum absolute atomic E-state index is 5.62. The molecule has 0 amide bonds. The molecule has 0 aromatic heterocycles. The number of ether oxygens (including phenoxy) is 2. The molecular weight excluding hydrogens is 240 g/mol. The first-order chi connectivity index (χ1) is 9.03. The summed E-state index contributed by atoms with van der Waals surface area (Å²) < 4.78 is 10.8. The summed E-state index contributed by atoms with van der Waals surface area (Å²) in [6.45, 7) is 9.51. The van der Waals surface area contributed by atoms with Crippen molar-refractivity contribution < 1.29 is 9.47 Å². The van der Waals surface area contributed by atoms with Gasteiger partial charge in [0.05, 0.1) is 0 Å². The molecule has 0 spiro atoms. The van der Waals surface area contributed by atoms with Crippen molar-refractivity contribution in [3.05, 3.63) is 23.8 Å². The summed E-state index contributed by atoms with van der Waals surface area (Å²) in [5, 5.41) is 3.49. The molecule has 0 radical (unpaired) electrons. The van der Waals surface area contributed by atoms with Crippen molar-refractivity contribution in [1.29, 1.82) is 0 Å². The predicted molar refractivity (Wildman–Crippen MR) is 76.7 cm³/mol. The Morgan fingerprint density at radius 2 is 2.05 bits per heavy atom. The lowest BCUT2D eigenvalue weighted by molar-refractivity contribution is 0.174. The average Bonchev–Trinajstić information content (AvgIpc) is 2.85. The number of fused-ring (bicyclic) bond motifs is 1. The van der Waals surface area contributed by atoms with Crippen LogP contribution in [0.1, 0.15) is 26.3 Å². The van der Waals surface area contributed by atoms with Crippen LogP contribution in [0.25, 0.3) is 0 Å². The average molecular weight is 264 g/mol. The minimum absolute atomic E-state index is 0.0509. The molecule has 1 heterocycles. The highest BCUT2D eigenvalue weighted by molar-refractivity contribution is 5.46. The highest BCUT2D eigenvalue weighted by Gasteiger charge is 2.23. The molecule has 2 rings (SSSR count). The molecule has 106 valence electrons. The summed E-state index contributed by atoms with van der Waals surface area (Å²) in [5.74, 6) is 2.19. The van der Waals surface area contributed by atoms with E-state index < -0.39 is 0 Å². The summed E-state index contributed by atoms with van der Waals surface area (Å²) >= 11 is 0. The van der Waals surface area contributed by atoms with Crippen molar-refractivity contribution in [3.8, 4) is 11.5 Å². The third-order valence-corrected chi connectivity index (χ3v) is 3.62. The van der Waals surface area contributed by atoms with Crippen molar-refractivity contribution in [2.75, 3.05) is 26.4 Å². The standard InChI is InChI=1S/C15H24N2O2/c1-11(7-16)8-17-9-15(2,3)12-4-5-13-14(6-12)19-10-18-13/h4-6,11,17H,7-10,16H2,1-3H3. The lowest BCUT2D eigenvalue weighted by Crippen LogP contribution is -2.36. The van der Waals surface area contributed by atoms with E-state index in [0.29, 0.717) is 12.7 Å². The van der Waals surface area contributed by atoms with Crippen LogP contribution in [-0.4, -0.2) is 26.4 Å². The van der Waals surface area contributed by atoms with E-state index in [2.05, 4.69) is 38.2 Å². The van der Waals surface area contributed by atoms with Crippen LogP contribution < -0.4 is 20.5 Å². The fraction of sp³-hybridized carbons (Fsp3) is 0.600. The Morgan fingerprint density at radius 3 is 2.79 bits per heavy atom. The molecular formula is C15H24N2O2. The summed E-state index contributed by atoms with van der Waals surface area (Å²) in [6.07, 6.45) is 0. The molecule has 0 saturated carbocycles. The lowest BCUT2D eigenvalue weighted by atomic mass is 9.84. The third kappa shape index (κ3) is 3.39. The van der Waals surface area contributed by atoms with Crippen LogP contribution in [-0.2, 0) is 5.41 Å². The van der Waals surface area contributed by atoms with E-state index in [1.807, 2.05) is 6.07 Å². The van der Waals surface area contributed by atoms with Gasteiger partial charge in [0.25, 0.3) is 0 Å². The first-order valence-electron chi connectivity index (χ1n) is 6.84. The maximum Gasteiger partial charge on any atom is 0.231 e. The monoisotopic (exact) mass is 264 g/mol. The van der Waals surface area contributed by atoms with E-state index in [1.165, 1.54) is 5.56 Å². The van der Waals surface area contributed by atoms with Crippen LogP contribution in [0, 0.1) is 5.92 Å². The molecule has 0 aliphatic carbocycles. The summed E-state index contributed by atoms with van der Waals surface area (Å²) in [6, 6.07) is 6.18. The van der Waals surface area contributed by atoms with Gasteiger partial charge in [-0.3, -0.25) is 0 Å². The largest absolute Gasteiger partial charge is 0.454 e. The van der Waals surface area contributed by atoms with Gasteiger partial charge in [-0.25, -0.2) is 0 Å². The number of benzene rings is 1. The smallest absolute Gasteiger partial charge is 0.231 e. The first kappa shape index (κ1) is 14.2. The van der Waals surface area contributed by atoms with E-state index in [4.69, 9.17) is 15.2 Å². The Balaban J connectivity index is 1.98. The fourth-order valence-corrected chi connectivity index (χ4v) is 2.13. The Bertz CT molecular complexity index is 432. The zero-order valence-corrected chi connectivity index (χ0v) is 12.0. The third-order valence-electron chi connectivity index (χ3n) is 3.62. The quantitative estimate of drug-likeness (QED) is 0.823. The van der Waals surface area contributed by atoms with Crippen LogP contribution in [0.2, 0.25) is 0 Å². The van der Waals surface area contributed by atoms with E-state index >= 15 is 0 Å². The van der Waals surface area contributed by atoms with Crippen molar-refractivity contribution in [2.24, 2.45) is 11.7 Å². The second-order valence-electron chi connectivity index (χ2n) is 5.92. The van der Waals surface area contributed by atoms with Crippen LogP contribution in [0.5, 0.6) is 11.5 Å². The predicted octanol–water partition coefficient (Wildman–Crippen LogP) is 1.88. The molecule has 0 saturated heterocycles. The Kier molecular flexibility index (Phi) is 4.32. The van der Waals surface area contributed by atoms with Gasteiger partial charge in [-0.1, -0.05) is 26.8 Å². The minimum atomic E-state index is 0.0509. The molecule has 4 heteroatoms. The topological polar surface area (TPSA) is 56.5 Å². The van der Waals surface area contributed by atoms with Gasteiger partial charge in [0.15, 0.2) is 11.5 Å². The van der Waals surface area contributed by atoms with Crippen LogP contribution in [0.3, 0.4) is 0 Å².